The smallest absolute Gasteiger partial charge is 0.352 e. The predicted octanol–water partition coefficient (Wildman–Crippen LogP) is 1.55. The second-order valence-corrected chi connectivity index (χ2v) is 6.95. The van der Waals surface area contributed by atoms with Crippen molar-refractivity contribution in [3.05, 3.63) is 57.8 Å². The van der Waals surface area contributed by atoms with Crippen LogP contribution in [-0.4, -0.2) is 41.7 Å². The third kappa shape index (κ3) is 4.22. The molecule has 164 valence electrons. The summed E-state index contributed by atoms with van der Waals surface area (Å²) in [6.07, 6.45) is 2.34. The van der Waals surface area contributed by atoms with Gasteiger partial charge in [-0.3, -0.25) is 9.56 Å². The fourth-order valence-electron chi connectivity index (χ4n) is 3.41. The fraction of sp³-hybridized carbons (Fsp3) is 0.350. The number of nitrogens with zero attached hydrogens (tertiary/aromatic N) is 4. The molecule has 0 saturated carbocycles. The fourth-order valence-corrected chi connectivity index (χ4v) is 3.41. The summed E-state index contributed by atoms with van der Waals surface area (Å²) >= 11 is 0. The maximum absolute atomic E-state index is 14.4. The predicted molar refractivity (Wildman–Crippen MR) is 108 cm³/mol. The molecule has 0 bridgehead atoms. The summed E-state index contributed by atoms with van der Waals surface area (Å²) in [5.74, 6) is -1.74. The number of aromatic nitrogens is 2. The van der Waals surface area contributed by atoms with Crippen LogP contribution >= 0.6 is 0 Å². The van der Waals surface area contributed by atoms with Crippen molar-refractivity contribution in [2.24, 2.45) is 10.7 Å². The highest BCUT2D eigenvalue weighted by Crippen LogP contribution is 2.30. The molecule has 2 aromatic rings. The van der Waals surface area contributed by atoms with Crippen molar-refractivity contribution in [1.82, 2.24) is 9.55 Å². The highest BCUT2D eigenvalue weighted by molar-refractivity contribution is 5.76. The maximum Gasteiger partial charge on any atom is 0.352 e. The Kier molecular flexibility index (Phi) is 5.85. The van der Waals surface area contributed by atoms with Gasteiger partial charge in [-0.25, -0.2) is 13.6 Å². The molecule has 3 heterocycles. The number of hydrogen-bond acceptors (Lipinski definition) is 8. The summed E-state index contributed by atoms with van der Waals surface area (Å²) in [6, 6.07) is 3.86. The summed E-state index contributed by atoms with van der Waals surface area (Å²) in [5.41, 5.74) is 5.15. The molecule has 9 nitrogen and oxygen atoms in total. The van der Waals surface area contributed by atoms with Gasteiger partial charge >= 0.3 is 5.69 Å². The molecule has 4 rings (SSSR count). The lowest BCUT2D eigenvalue weighted by Gasteiger charge is -2.15. The van der Waals surface area contributed by atoms with Gasteiger partial charge in [-0.05, 0) is 24.6 Å². The van der Waals surface area contributed by atoms with E-state index < -0.39 is 23.1 Å². The molecule has 2 aliphatic heterocycles. The van der Waals surface area contributed by atoms with Gasteiger partial charge in [0.25, 0.3) is 0 Å². The molecule has 31 heavy (non-hydrogen) atoms. The van der Waals surface area contributed by atoms with Crippen LogP contribution in [-0.2, 0) is 17.9 Å². The van der Waals surface area contributed by atoms with E-state index in [1.807, 2.05) is 4.90 Å². The molecule has 1 atom stereocenters. The highest BCUT2D eigenvalue weighted by atomic mass is 19.1. The molecule has 0 radical (unpaired) electrons. The normalized spacial score (nSPS) is 17.8. The Hall–Kier alpha value is -3.47. The number of benzene rings is 1. The first-order valence-corrected chi connectivity index (χ1v) is 9.66. The van der Waals surface area contributed by atoms with Gasteiger partial charge in [0, 0.05) is 18.8 Å². The van der Waals surface area contributed by atoms with Crippen molar-refractivity contribution in [3.8, 4) is 11.6 Å². The molecular weight excluding hydrogens is 412 g/mol. The van der Waals surface area contributed by atoms with Crippen LogP contribution in [0.3, 0.4) is 0 Å². The van der Waals surface area contributed by atoms with Crippen LogP contribution in [0.2, 0.25) is 0 Å². The average Bonchev–Trinajstić information content (AvgIpc) is 3.34. The van der Waals surface area contributed by atoms with Crippen LogP contribution in [0.4, 0.5) is 14.6 Å². The van der Waals surface area contributed by atoms with Gasteiger partial charge < -0.3 is 24.8 Å². The molecule has 0 aliphatic carbocycles. The molecule has 11 heteroatoms. The standard InChI is InChI=1S/C20H21F2N5O4/c1-2-24-7-14(6-23)31-19-15(21)3-12(4-16(19)22)9-30-17-5-18-26(20(28)25-17)8-13-10-29-11-27(13)18/h3-7,13H,2,8-11,23H2,1H3. The third-order valence-electron chi connectivity index (χ3n) is 4.86. The van der Waals surface area contributed by atoms with E-state index >= 15 is 0 Å². The Bertz CT molecular complexity index is 1080. The number of halogens is 2. The second-order valence-electron chi connectivity index (χ2n) is 6.95. The van der Waals surface area contributed by atoms with E-state index in [1.165, 1.54) is 6.21 Å². The van der Waals surface area contributed by atoms with Crippen molar-refractivity contribution < 1.29 is 23.0 Å². The van der Waals surface area contributed by atoms with Crippen LogP contribution in [0.5, 0.6) is 11.6 Å². The number of anilines is 1. The zero-order chi connectivity index (χ0) is 22.0. The molecule has 2 aliphatic rings. The van der Waals surface area contributed by atoms with Crippen LogP contribution in [0.25, 0.3) is 0 Å². The van der Waals surface area contributed by atoms with Crippen LogP contribution < -0.4 is 25.8 Å². The van der Waals surface area contributed by atoms with Crippen molar-refractivity contribution in [1.29, 1.82) is 0 Å². The minimum Gasteiger partial charge on any atom is -0.473 e. The van der Waals surface area contributed by atoms with Crippen molar-refractivity contribution in [2.75, 3.05) is 24.8 Å². The summed E-state index contributed by atoms with van der Waals surface area (Å²) in [4.78, 5) is 22.0. The van der Waals surface area contributed by atoms with E-state index in [0.717, 1.165) is 18.3 Å². The van der Waals surface area contributed by atoms with E-state index in [9.17, 15) is 13.6 Å². The lowest BCUT2D eigenvalue weighted by Crippen LogP contribution is -2.26. The lowest BCUT2D eigenvalue weighted by molar-refractivity contribution is 0.189. The monoisotopic (exact) mass is 433 g/mol. The summed E-state index contributed by atoms with van der Waals surface area (Å²) in [7, 11) is 0. The first-order valence-electron chi connectivity index (χ1n) is 9.66. The highest BCUT2D eigenvalue weighted by Gasteiger charge is 2.35. The van der Waals surface area contributed by atoms with Crippen LogP contribution in [0.15, 0.2) is 39.9 Å². The van der Waals surface area contributed by atoms with E-state index in [1.54, 1.807) is 17.6 Å². The molecule has 0 spiro atoms. The Balaban J connectivity index is 1.49. The third-order valence-corrected chi connectivity index (χ3v) is 4.86. The zero-order valence-electron chi connectivity index (χ0n) is 16.8. The zero-order valence-corrected chi connectivity index (χ0v) is 16.8. The number of allylic oxidation sites excluding steroid dienone is 1. The number of hydrogen-bond donors (Lipinski definition) is 1. The first kappa shape index (κ1) is 20.8. The van der Waals surface area contributed by atoms with E-state index in [4.69, 9.17) is 19.9 Å². The second kappa shape index (κ2) is 8.72. The first-order chi connectivity index (χ1) is 15.0. The minimum atomic E-state index is -0.929. The lowest BCUT2D eigenvalue weighted by atomic mass is 10.2. The van der Waals surface area contributed by atoms with Crippen molar-refractivity contribution in [3.63, 3.8) is 0 Å². The van der Waals surface area contributed by atoms with Gasteiger partial charge in [0.2, 0.25) is 5.88 Å². The molecule has 1 aromatic heterocycles. The number of aliphatic imine (C=N–C) groups is 1. The van der Waals surface area contributed by atoms with Gasteiger partial charge in [-0.15, -0.1) is 0 Å². The van der Waals surface area contributed by atoms with Crippen molar-refractivity contribution in [2.45, 2.75) is 26.1 Å². The molecular formula is C20H21F2N5O4. The van der Waals surface area contributed by atoms with Gasteiger partial charge in [0.05, 0.1) is 25.4 Å². The number of ether oxygens (including phenoxy) is 3. The molecule has 1 fully saturated rings. The molecule has 1 unspecified atom stereocenters. The van der Waals surface area contributed by atoms with Gasteiger partial charge in [0.15, 0.2) is 23.1 Å². The number of fused-ring (bicyclic) bond motifs is 3. The summed E-state index contributed by atoms with van der Waals surface area (Å²) in [6.45, 7) is 3.49. The Morgan fingerprint density at radius 3 is 2.87 bits per heavy atom. The van der Waals surface area contributed by atoms with Crippen molar-refractivity contribution >= 4 is 12.0 Å². The van der Waals surface area contributed by atoms with Crippen LogP contribution in [0, 0.1) is 11.6 Å². The van der Waals surface area contributed by atoms with Gasteiger partial charge in [-0.2, -0.15) is 4.98 Å². The van der Waals surface area contributed by atoms with Gasteiger partial charge in [-0.1, -0.05) is 0 Å². The summed E-state index contributed by atoms with van der Waals surface area (Å²) < 4.78 is 46.5. The number of nitrogens with two attached hydrogens (primary N) is 1. The minimum absolute atomic E-state index is 0.00987. The molecule has 2 N–H and O–H groups in total. The Labute approximate surface area is 176 Å². The van der Waals surface area contributed by atoms with Gasteiger partial charge in [0.1, 0.15) is 19.2 Å². The molecule has 0 amide bonds. The maximum atomic E-state index is 14.4. The topological polar surface area (TPSA) is 104 Å². The molecule has 1 saturated heterocycles. The van der Waals surface area contributed by atoms with E-state index in [0.29, 0.717) is 32.2 Å². The Morgan fingerprint density at radius 1 is 1.39 bits per heavy atom. The SMILES string of the molecule is CCN=CC(=CN)Oc1c(F)cc(COc2cc3n(c(=O)n2)CC2COCN32)cc1F. The average molecular weight is 433 g/mol. The van der Waals surface area contributed by atoms with E-state index in [2.05, 4.69) is 9.98 Å². The molecule has 1 aromatic carbocycles. The summed E-state index contributed by atoms with van der Waals surface area (Å²) in [5, 5.41) is 0. The largest absolute Gasteiger partial charge is 0.473 e. The van der Waals surface area contributed by atoms with Crippen LogP contribution in [0.1, 0.15) is 12.5 Å². The Morgan fingerprint density at radius 2 is 2.16 bits per heavy atom. The number of rotatable bonds is 7. The quantitative estimate of drug-likeness (QED) is 0.522. The van der Waals surface area contributed by atoms with E-state index in [-0.39, 0.29) is 29.9 Å².